The lowest BCUT2D eigenvalue weighted by molar-refractivity contribution is -0.147. The molecule has 1 heterocycles. The highest BCUT2D eigenvalue weighted by Gasteiger charge is 2.41. The van der Waals surface area contributed by atoms with Gasteiger partial charge in [0, 0.05) is 18.3 Å². The summed E-state index contributed by atoms with van der Waals surface area (Å²) in [5.41, 5.74) is 0.112. The lowest BCUT2D eigenvalue weighted by atomic mass is 9.86. The zero-order valence-electron chi connectivity index (χ0n) is 12.0. The van der Waals surface area contributed by atoms with Crippen molar-refractivity contribution < 1.29 is 14.6 Å². The first kappa shape index (κ1) is 14.6. The predicted octanol–water partition coefficient (Wildman–Crippen LogP) is 2.24. The summed E-state index contributed by atoms with van der Waals surface area (Å²) in [6.07, 6.45) is 3.35. The van der Waals surface area contributed by atoms with Gasteiger partial charge < -0.3 is 15.2 Å². The van der Waals surface area contributed by atoms with Crippen molar-refractivity contribution in [3.05, 3.63) is 11.8 Å². The summed E-state index contributed by atoms with van der Waals surface area (Å²) in [6, 6.07) is 1.76. The van der Waals surface area contributed by atoms with Gasteiger partial charge in [0.2, 0.25) is 11.8 Å². The van der Waals surface area contributed by atoms with E-state index in [9.17, 15) is 9.90 Å². The van der Waals surface area contributed by atoms with Crippen LogP contribution < -0.4 is 10.1 Å². The molecule has 0 aromatic carbocycles. The summed E-state index contributed by atoms with van der Waals surface area (Å²) in [5.74, 6) is 0.208. The molecule has 0 spiro atoms. The number of rotatable bonds is 6. The van der Waals surface area contributed by atoms with E-state index in [2.05, 4.69) is 15.3 Å². The number of carboxylic acid groups (broad SMARTS) is 1. The minimum atomic E-state index is -0.736. The van der Waals surface area contributed by atoms with Gasteiger partial charge in [-0.3, -0.25) is 4.79 Å². The number of carboxylic acids is 1. The van der Waals surface area contributed by atoms with Gasteiger partial charge in [0.25, 0.3) is 0 Å². The van der Waals surface area contributed by atoms with Crippen molar-refractivity contribution in [1.29, 1.82) is 0 Å². The molecule has 20 heavy (non-hydrogen) atoms. The van der Waals surface area contributed by atoms with Gasteiger partial charge in [0.05, 0.1) is 12.0 Å². The molecule has 6 heteroatoms. The number of nitrogens with one attached hydrogen (secondary N) is 1. The van der Waals surface area contributed by atoms with E-state index in [1.165, 1.54) is 0 Å². The second-order valence-corrected chi connectivity index (χ2v) is 5.25. The third kappa shape index (κ3) is 3.18. The lowest BCUT2D eigenvalue weighted by Gasteiger charge is -2.24. The molecule has 1 fully saturated rings. The van der Waals surface area contributed by atoms with Crippen molar-refractivity contribution in [3.8, 4) is 5.88 Å². The Balaban J connectivity index is 2.08. The zero-order chi connectivity index (χ0) is 14.6. The number of carbonyl (C=O) groups is 1. The fraction of sp³-hybridized carbons (Fsp3) is 0.643. The van der Waals surface area contributed by atoms with Crippen LogP contribution >= 0.6 is 0 Å². The molecule has 2 rings (SSSR count). The van der Waals surface area contributed by atoms with Crippen LogP contribution in [0.2, 0.25) is 0 Å². The fourth-order valence-electron chi connectivity index (χ4n) is 2.61. The molecule has 0 atom stereocenters. The quantitative estimate of drug-likeness (QED) is 0.830. The highest BCUT2D eigenvalue weighted by molar-refractivity contribution is 5.75. The summed E-state index contributed by atoms with van der Waals surface area (Å²) in [5, 5.41) is 12.5. The normalized spacial score (nSPS) is 16.9. The molecule has 2 N–H and O–H groups in total. The Bertz CT molecular complexity index is 485. The van der Waals surface area contributed by atoms with Gasteiger partial charge in [0.15, 0.2) is 0 Å². The summed E-state index contributed by atoms with van der Waals surface area (Å²) in [6.45, 7) is 4.65. The Morgan fingerprint density at radius 3 is 2.75 bits per heavy atom. The van der Waals surface area contributed by atoms with Crippen molar-refractivity contribution in [2.45, 2.75) is 39.5 Å². The monoisotopic (exact) mass is 279 g/mol. The number of anilines is 1. The number of aliphatic carboxylic acids is 1. The Kier molecular flexibility index (Phi) is 4.42. The SMILES string of the molecule is CCOc1cc(C)nc(NCC2(C(=O)O)CCCC2)n1. The lowest BCUT2D eigenvalue weighted by Crippen LogP contribution is -2.35. The molecule has 1 saturated carbocycles. The number of hydrogen-bond donors (Lipinski definition) is 2. The van der Waals surface area contributed by atoms with E-state index in [1.54, 1.807) is 6.07 Å². The molecule has 0 saturated heterocycles. The van der Waals surface area contributed by atoms with E-state index in [1.807, 2.05) is 13.8 Å². The van der Waals surface area contributed by atoms with Gasteiger partial charge in [-0.15, -0.1) is 0 Å². The van der Waals surface area contributed by atoms with Gasteiger partial charge in [-0.05, 0) is 26.7 Å². The first-order valence-corrected chi connectivity index (χ1v) is 7.01. The Morgan fingerprint density at radius 2 is 2.15 bits per heavy atom. The van der Waals surface area contributed by atoms with Gasteiger partial charge in [-0.2, -0.15) is 4.98 Å². The second-order valence-electron chi connectivity index (χ2n) is 5.25. The zero-order valence-corrected chi connectivity index (χ0v) is 12.0. The third-order valence-corrected chi connectivity index (χ3v) is 3.72. The summed E-state index contributed by atoms with van der Waals surface area (Å²) < 4.78 is 5.36. The number of aryl methyl sites for hydroxylation is 1. The van der Waals surface area contributed by atoms with E-state index >= 15 is 0 Å². The van der Waals surface area contributed by atoms with Gasteiger partial charge in [-0.25, -0.2) is 4.98 Å². The van der Waals surface area contributed by atoms with Crippen LogP contribution in [0.4, 0.5) is 5.95 Å². The number of hydrogen-bond acceptors (Lipinski definition) is 5. The summed E-state index contributed by atoms with van der Waals surface area (Å²) in [4.78, 5) is 20.0. The van der Waals surface area contributed by atoms with Gasteiger partial charge >= 0.3 is 5.97 Å². The smallest absolute Gasteiger partial charge is 0.311 e. The molecule has 1 aliphatic rings. The maximum atomic E-state index is 11.5. The topological polar surface area (TPSA) is 84.3 Å². The predicted molar refractivity (Wildman–Crippen MR) is 75.0 cm³/mol. The number of nitrogens with zero attached hydrogens (tertiary/aromatic N) is 2. The maximum absolute atomic E-state index is 11.5. The highest BCUT2D eigenvalue weighted by atomic mass is 16.5. The minimum Gasteiger partial charge on any atom is -0.481 e. The second kappa shape index (κ2) is 6.07. The van der Waals surface area contributed by atoms with Crippen molar-refractivity contribution >= 4 is 11.9 Å². The Labute approximate surface area is 118 Å². The van der Waals surface area contributed by atoms with Crippen molar-refractivity contribution in [1.82, 2.24) is 9.97 Å². The summed E-state index contributed by atoms with van der Waals surface area (Å²) in [7, 11) is 0. The van der Waals surface area contributed by atoms with E-state index in [-0.39, 0.29) is 0 Å². The average Bonchev–Trinajstić information content (AvgIpc) is 2.86. The van der Waals surface area contributed by atoms with E-state index in [4.69, 9.17) is 4.74 Å². The first-order chi connectivity index (χ1) is 9.55. The van der Waals surface area contributed by atoms with Crippen LogP contribution in [0.25, 0.3) is 0 Å². The van der Waals surface area contributed by atoms with Crippen LogP contribution in [0.15, 0.2) is 6.07 Å². The van der Waals surface area contributed by atoms with Crippen LogP contribution in [0.5, 0.6) is 5.88 Å². The molecular formula is C14H21N3O3. The largest absolute Gasteiger partial charge is 0.481 e. The van der Waals surface area contributed by atoms with E-state index in [0.29, 0.717) is 37.8 Å². The first-order valence-electron chi connectivity index (χ1n) is 7.01. The molecule has 0 aliphatic heterocycles. The minimum absolute atomic E-state index is 0.358. The molecule has 0 amide bonds. The molecule has 0 unspecified atom stereocenters. The number of ether oxygens (including phenoxy) is 1. The maximum Gasteiger partial charge on any atom is 0.311 e. The fourth-order valence-corrected chi connectivity index (χ4v) is 2.61. The van der Waals surface area contributed by atoms with E-state index in [0.717, 1.165) is 18.5 Å². The number of aromatic nitrogens is 2. The van der Waals surface area contributed by atoms with Crippen LogP contribution in [0, 0.1) is 12.3 Å². The Morgan fingerprint density at radius 1 is 1.45 bits per heavy atom. The van der Waals surface area contributed by atoms with Crippen molar-refractivity contribution in [2.75, 3.05) is 18.5 Å². The molecule has 110 valence electrons. The third-order valence-electron chi connectivity index (χ3n) is 3.72. The standard InChI is InChI=1S/C14H21N3O3/c1-3-20-11-8-10(2)16-13(17-11)15-9-14(12(18)19)6-4-5-7-14/h8H,3-7,9H2,1-2H3,(H,18,19)(H,15,16,17). The molecule has 0 bridgehead atoms. The van der Waals surface area contributed by atoms with Crippen molar-refractivity contribution in [2.24, 2.45) is 5.41 Å². The van der Waals surface area contributed by atoms with Crippen LogP contribution in [-0.2, 0) is 4.79 Å². The van der Waals surface area contributed by atoms with Gasteiger partial charge in [0.1, 0.15) is 0 Å². The summed E-state index contributed by atoms with van der Waals surface area (Å²) >= 11 is 0. The van der Waals surface area contributed by atoms with Crippen LogP contribution in [-0.4, -0.2) is 34.2 Å². The molecule has 1 aromatic heterocycles. The highest BCUT2D eigenvalue weighted by Crippen LogP contribution is 2.38. The van der Waals surface area contributed by atoms with E-state index < -0.39 is 11.4 Å². The van der Waals surface area contributed by atoms with Gasteiger partial charge in [-0.1, -0.05) is 12.8 Å². The molecular weight excluding hydrogens is 258 g/mol. The molecule has 6 nitrogen and oxygen atoms in total. The molecule has 0 radical (unpaired) electrons. The molecule has 1 aliphatic carbocycles. The molecule has 1 aromatic rings. The Hall–Kier alpha value is -1.85. The van der Waals surface area contributed by atoms with Crippen molar-refractivity contribution in [3.63, 3.8) is 0 Å². The van der Waals surface area contributed by atoms with Crippen LogP contribution in [0.3, 0.4) is 0 Å². The van der Waals surface area contributed by atoms with Crippen LogP contribution in [0.1, 0.15) is 38.3 Å². The average molecular weight is 279 g/mol.